The summed E-state index contributed by atoms with van der Waals surface area (Å²) in [4.78, 5) is 8.63. The van der Waals surface area contributed by atoms with Crippen LogP contribution in [-0.2, 0) is 19.5 Å². The molecule has 0 saturated carbocycles. The molecule has 220 valence electrons. The zero-order valence-electron chi connectivity index (χ0n) is 23.9. The number of para-hydroxylation sites is 1. The Morgan fingerprint density at radius 2 is 1.70 bits per heavy atom. The molecule has 0 unspecified atom stereocenters. The fourth-order valence-corrected chi connectivity index (χ4v) is 5.10. The first kappa shape index (κ1) is 31.2. The Hall–Kier alpha value is -3.33. The van der Waals surface area contributed by atoms with Crippen LogP contribution in [0.15, 0.2) is 30.6 Å². The van der Waals surface area contributed by atoms with Crippen molar-refractivity contribution in [3.05, 3.63) is 47.8 Å². The molecule has 0 aliphatic rings. The molecule has 3 rings (SSSR count). The van der Waals surface area contributed by atoms with Gasteiger partial charge in [0.05, 0.1) is 57.7 Å². The number of sulfonamides is 1. The summed E-state index contributed by atoms with van der Waals surface area (Å²) in [6.07, 6.45) is 1.89. The number of methoxy groups -OCH3 is 2. The molecule has 3 aromatic rings. The van der Waals surface area contributed by atoms with Crippen molar-refractivity contribution in [3.8, 4) is 17.2 Å². The SMILES string of the molecule is COc1cccc(OC)c1-n1c(NS(=O)(=O)[C@H](C)[C@H](OC(C)C)c2cnc(C)cn2)nnc1[C@@H](C)COCCO. The van der Waals surface area contributed by atoms with Crippen LogP contribution in [-0.4, -0.2) is 83.7 Å². The van der Waals surface area contributed by atoms with E-state index in [1.165, 1.54) is 27.3 Å². The van der Waals surface area contributed by atoms with E-state index in [9.17, 15) is 8.42 Å². The summed E-state index contributed by atoms with van der Waals surface area (Å²) in [5.41, 5.74) is 1.50. The third kappa shape index (κ3) is 7.24. The Labute approximate surface area is 234 Å². The van der Waals surface area contributed by atoms with Gasteiger partial charge < -0.3 is 24.1 Å². The van der Waals surface area contributed by atoms with Crippen molar-refractivity contribution in [1.29, 1.82) is 0 Å². The number of hydrogen-bond acceptors (Lipinski definition) is 11. The third-order valence-corrected chi connectivity index (χ3v) is 7.71. The maximum atomic E-state index is 13.8. The summed E-state index contributed by atoms with van der Waals surface area (Å²) >= 11 is 0. The number of aromatic nitrogens is 5. The van der Waals surface area contributed by atoms with Gasteiger partial charge in [-0.25, -0.2) is 8.42 Å². The molecule has 0 radical (unpaired) electrons. The van der Waals surface area contributed by atoms with E-state index in [1.54, 1.807) is 35.9 Å². The summed E-state index contributed by atoms with van der Waals surface area (Å²) < 4.78 is 54.5. The third-order valence-electron chi connectivity index (χ3n) is 6.02. The van der Waals surface area contributed by atoms with Gasteiger partial charge in [-0.1, -0.05) is 13.0 Å². The minimum absolute atomic E-state index is 0.0723. The molecule has 13 nitrogen and oxygen atoms in total. The zero-order chi connectivity index (χ0) is 29.4. The second-order valence-corrected chi connectivity index (χ2v) is 11.5. The average molecular weight is 579 g/mol. The van der Waals surface area contributed by atoms with Crippen molar-refractivity contribution in [2.24, 2.45) is 0 Å². The van der Waals surface area contributed by atoms with Crippen LogP contribution >= 0.6 is 0 Å². The van der Waals surface area contributed by atoms with Gasteiger partial charge in [0.15, 0.2) is 0 Å². The number of aryl methyl sites for hydroxylation is 1. The van der Waals surface area contributed by atoms with Gasteiger partial charge in [-0.05, 0) is 39.8 Å². The first-order valence-electron chi connectivity index (χ1n) is 12.8. The number of ether oxygens (including phenoxy) is 4. The van der Waals surface area contributed by atoms with Crippen LogP contribution in [0.4, 0.5) is 5.95 Å². The number of nitrogens with one attached hydrogen (secondary N) is 1. The van der Waals surface area contributed by atoms with E-state index in [2.05, 4.69) is 24.9 Å². The molecule has 0 aliphatic heterocycles. The predicted molar refractivity (Wildman–Crippen MR) is 149 cm³/mol. The minimum Gasteiger partial charge on any atom is -0.494 e. The van der Waals surface area contributed by atoms with Gasteiger partial charge in [-0.15, -0.1) is 10.2 Å². The molecule has 0 saturated heterocycles. The Morgan fingerprint density at radius 3 is 2.25 bits per heavy atom. The standard InChI is InChI=1S/C26H38N6O7S/c1-16(2)39-24(20-14-27-18(4)13-28-20)19(5)40(34,35)31-26-30-29-25(17(3)15-38-12-11-33)32(26)23-21(36-6)9-8-10-22(23)37-7/h8-10,13-14,16-17,19,24,33H,11-12,15H2,1-7H3,(H,30,31)/t17-,19+,24-/m0/s1. The lowest BCUT2D eigenvalue weighted by Gasteiger charge is -2.26. The average Bonchev–Trinajstić information content (AvgIpc) is 3.33. The van der Waals surface area contributed by atoms with Gasteiger partial charge in [0.25, 0.3) is 0 Å². The number of nitrogens with zero attached hydrogens (tertiary/aromatic N) is 5. The molecule has 0 bridgehead atoms. The normalized spacial score (nSPS) is 14.1. The van der Waals surface area contributed by atoms with Crippen molar-refractivity contribution in [2.45, 2.75) is 58.0 Å². The Bertz CT molecular complexity index is 1330. The van der Waals surface area contributed by atoms with Gasteiger partial charge in [0.2, 0.25) is 16.0 Å². The van der Waals surface area contributed by atoms with Crippen LogP contribution in [0.1, 0.15) is 56.9 Å². The predicted octanol–water partition coefficient (Wildman–Crippen LogP) is 2.79. The fraction of sp³-hybridized carbons (Fsp3) is 0.538. The van der Waals surface area contributed by atoms with E-state index >= 15 is 0 Å². The topological polar surface area (TPSA) is 160 Å². The van der Waals surface area contributed by atoms with E-state index in [0.29, 0.717) is 34.4 Å². The van der Waals surface area contributed by atoms with Crippen molar-refractivity contribution in [1.82, 2.24) is 24.7 Å². The maximum absolute atomic E-state index is 13.8. The molecule has 1 aromatic carbocycles. The molecule has 0 fully saturated rings. The Kier molecular flexibility index (Phi) is 10.8. The highest BCUT2D eigenvalue weighted by Crippen LogP contribution is 2.37. The zero-order valence-corrected chi connectivity index (χ0v) is 24.7. The number of rotatable bonds is 15. The monoisotopic (exact) mass is 578 g/mol. The highest BCUT2D eigenvalue weighted by atomic mass is 32.2. The van der Waals surface area contributed by atoms with Gasteiger partial charge in [-0.2, -0.15) is 0 Å². The molecule has 14 heteroatoms. The highest BCUT2D eigenvalue weighted by molar-refractivity contribution is 7.93. The van der Waals surface area contributed by atoms with Gasteiger partial charge in [0, 0.05) is 12.1 Å². The fourth-order valence-electron chi connectivity index (χ4n) is 4.00. The number of aliphatic hydroxyl groups is 1. The van der Waals surface area contributed by atoms with E-state index in [1.807, 2.05) is 20.8 Å². The number of aliphatic hydroxyl groups excluding tert-OH is 1. The van der Waals surface area contributed by atoms with Gasteiger partial charge >= 0.3 is 0 Å². The molecule has 2 aromatic heterocycles. The molecule has 3 atom stereocenters. The van der Waals surface area contributed by atoms with Crippen LogP contribution in [0.5, 0.6) is 11.5 Å². The number of hydrogen-bond donors (Lipinski definition) is 2. The van der Waals surface area contributed by atoms with Crippen LogP contribution in [0, 0.1) is 6.92 Å². The van der Waals surface area contributed by atoms with E-state index in [0.717, 1.165) is 0 Å². The summed E-state index contributed by atoms with van der Waals surface area (Å²) in [6, 6.07) is 5.19. The van der Waals surface area contributed by atoms with Crippen molar-refractivity contribution < 1.29 is 32.5 Å². The summed E-state index contributed by atoms with van der Waals surface area (Å²) in [6.45, 7) is 9.03. The summed E-state index contributed by atoms with van der Waals surface area (Å²) in [5, 5.41) is 16.5. The molecule has 0 spiro atoms. The molecule has 40 heavy (non-hydrogen) atoms. The summed E-state index contributed by atoms with van der Waals surface area (Å²) in [7, 11) is -1.13. The van der Waals surface area contributed by atoms with Crippen LogP contribution in [0.3, 0.4) is 0 Å². The van der Waals surface area contributed by atoms with Crippen molar-refractivity contribution in [2.75, 3.05) is 38.8 Å². The lowest BCUT2D eigenvalue weighted by molar-refractivity contribution is 0.00394. The second kappa shape index (κ2) is 13.8. The van der Waals surface area contributed by atoms with Gasteiger partial charge in [-0.3, -0.25) is 19.3 Å². The lowest BCUT2D eigenvalue weighted by Crippen LogP contribution is -2.34. The first-order valence-corrected chi connectivity index (χ1v) is 14.4. The number of benzene rings is 1. The van der Waals surface area contributed by atoms with E-state index < -0.39 is 21.4 Å². The Morgan fingerprint density at radius 1 is 1.02 bits per heavy atom. The van der Waals surface area contributed by atoms with E-state index in [4.69, 9.17) is 24.1 Å². The summed E-state index contributed by atoms with van der Waals surface area (Å²) in [5.74, 6) is 0.799. The molecular formula is C26H38N6O7S. The molecule has 0 aliphatic carbocycles. The largest absolute Gasteiger partial charge is 0.494 e. The van der Waals surface area contributed by atoms with Crippen LogP contribution in [0.2, 0.25) is 0 Å². The molecule has 2 heterocycles. The van der Waals surface area contributed by atoms with Gasteiger partial charge in [0.1, 0.15) is 34.4 Å². The molecule has 2 N–H and O–H groups in total. The number of anilines is 1. The van der Waals surface area contributed by atoms with E-state index in [-0.39, 0.29) is 37.8 Å². The maximum Gasteiger partial charge on any atom is 0.243 e. The van der Waals surface area contributed by atoms with Crippen LogP contribution in [0.25, 0.3) is 5.69 Å². The first-order chi connectivity index (χ1) is 19.0. The molecular weight excluding hydrogens is 540 g/mol. The Balaban J connectivity index is 2.10. The highest BCUT2D eigenvalue weighted by Gasteiger charge is 2.36. The smallest absolute Gasteiger partial charge is 0.243 e. The van der Waals surface area contributed by atoms with Crippen molar-refractivity contribution in [3.63, 3.8) is 0 Å². The minimum atomic E-state index is -4.13. The molecule has 0 amide bonds. The lowest BCUT2D eigenvalue weighted by atomic mass is 10.1. The quantitative estimate of drug-likeness (QED) is 0.255. The second-order valence-electron chi connectivity index (χ2n) is 9.47. The van der Waals surface area contributed by atoms with Crippen LogP contribution < -0.4 is 14.2 Å². The van der Waals surface area contributed by atoms with Crippen molar-refractivity contribution >= 4 is 16.0 Å².